The number of aromatic nitrogens is 2. The van der Waals surface area contributed by atoms with Gasteiger partial charge in [0.1, 0.15) is 11.6 Å². The Kier molecular flexibility index (Phi) is 2.86. The number of rotatable bonds is 3. The molecule has 2 rings (SSSR count). The third kappa shape index (κ3) is 2.45. The van der Waals surface area contributed by atoms with Crippen molar-refractivity contribution in [3.05, 3.63) is 18.1 Å². The van der Waals surface area contributed by atoms with E-state index in [9.17, 15) is 0 Å². The monoisotopic (exact) mass is 206 g/mol. The Morgan fingerprint density at radius 2 is 2.27 bits per heavy atom. The quantitative estimate of drug-likeness (QED) is 0.800. The first-order valence-electron chi connectivity index (χ1n) is 5.41. The summed E-state index contributed by atoms with van der Waals surface area (Å²) < 4.78 is 0. The second-order valence-electron chi connectivity index (χ2n) is 4.44. The lowest BCUT2D eigenvalue weighted by Gasteiger charge is -2.35. The largest absolute Gasteiger partial charge is 0.359 e. The van der Waals surface area contributed by atoms with Crippen LogP contribution >= 0.6 is 0 Å². The molecule has 0 aliphatic heterocycles. The summed E-state index contributed by atoms with van der Waals surface area (Å²) in [6.07, 6.45) is 4.10. The van der Waals surface area contributed by atoms with Crippen LogP contribution in [0.25, 0.3) is 0 Å². The van der Waals surface area contributed by atoms with E-state index >= 15 is 0 Å². The Morgan fingerprint density at radius 1 is 1.53 bits per heavy atom. The summed E-state index contributed by atoms with van der Waals surface area (Å²) in [5, 5.41) is 0. The van der Waals surface area contributed by atoms with Crippen LogP contribution in [0.5, 0.6) is 0 Å². The Hall–Kier alpha value is -1.16. The van der Waals surface area contributed by atoms with Crippen LogP contribution in [0.3, 0.4) is 0 Å². The average molecular weight is 206 g/mol. The van der Waals surface area contributed by atoms with Gasteiger partial charge in [0, 0.05) is 25.8 Å². The summed E-state index contributed by atoms with van der Waals surface area (Å²) in [6.45, 7) is 2.96. The second kappa shape index (κ2) is 4.14. The average Bonchev–Trinajstić information content (AvgIpc) is 2.15. The van der Waals surface area contributed by atoms with E-state index in [2.05, 4.69) is 21.9 Å². The zero-order valence-corrected chi connectivity index (χ0v) is 9.35. The van der Waals surface area contributed by atoms with Gasteiger partial charge in [-0.25, -0.2) is 9.97 Å². The van der Waals surface area contributed by atoms with E-state index in [0.29, 0.717) is 6.04 Å². The molecule has 1 aliphatic carbocycles. The summed E-state index contributed by atoms with van der Waals surface area (Å²) in [4.78, 5) is 10.7. The topological polar surface area (TPSA) is 55.0 Å². The van der Waals surface area contributed by atoms with Gasteiger partial charge in [-0.1, -0.05) is 0 Å². The van der Waals surface area contributed by atoms with Crippen LogP contribution in [-0.4, -0.2) is 29.6 Å². The molecule has 1 saturated carbocycles. The third-order valence-corrected chi connectivity index (χ3v) is 2.96. The summed E-state index contributed by atoms with van der Waals surface area (Å²) in [5.41, 5.74) is 5.76. The van der Waals surface area contributed by atoms with Crippen molar-refractivity contribution in [3.8, 4) is 0 Å². The minimum Gasteiger partial charge on any atom is -0.359 e. The fourth-order valence-electron chi connectivity index (χ4n) is 2.07. The normalized spacial score (nSPS) is 24.7. The molecule has 1 heterocycles. The molecule has 0 bridgehead atoms. The van der Waals surface area contributed by atoms with Gasteiger partial charge in [-0.3, -0.25) is 0 Å². The van der Waals surface area contributed by atoms with Gasteiger partial charge >= 0.3 is 0 Å². The van der Waals surface area contributed by atoms with Crippen molar-refractivity contribution in [2.24, 2.45) is 11.7 Å². The molecule has 1 aliphatic rings. The molecular weight excluding hydrogens is 188 g/mol. The second-order valence-corrected chi connectivity index (χ2v) is 4.44. The van der Waals surface area contributed by atoms with Crippen LogP contribution < -0.4 is 10.6 Å². The first-order valence-corrected chi connectivity index (χ1v) is 5.41. The predicted molar refractivity (Wildman–Crippen MR) is 60.7 cm³/mol. The molecule has 0 spiro atoms. The van der Waals surface area contributed by atoms with Crippen molar-refractivity contribution in [2.75, 3.05) is 18.5 Å². The molecule has 0 amide bonds. The van der Waals surface area contributed by atoms with Gasteiger partial charge in [0.05, 0.1) is 0 Å². The molecule has 0 radical (unpaired) electrons. The highest BCUT2D eigenvalue weighted by Crippen LogP contribution is 2.27. The highest BCUT2D eigenvalue weighted by atomic mass is 15.2. The van der Waals surface area contributed by atoms with Gasteiger partial charge in [0.25, 0.3) is 0 Å². The van der Waals surface area contributed by atoms with Crippen LogP contribution in [-0.2, 0) is 0 Å². The number of nitrogens with zero attached hydrogens (tertiary/aromatic N) is 3. The van der Waals surface area contributed by atoms with Crippen molar-refractivity contribution >= 4 is 5.82 Å². The smallest absolute Gasteiger partial charge is 0.131 e. The number of hydrogen-bond donors (Lipinski definition) is 1. The van der Waals surface area contributed by atoms with E-state index in [0.717, 1.165) is 36.9 Å². The fraction of sp³-hybridized carbons (Fsp3) is 0.636. The maximum absolute atomic E-state index is 5.76. The van der Waals surface area contributed by atoms with Gasteiger partial charge < -0.3 is 10.6 Å². The lowest BCUT2D eigenvalue weighted by molar-refractivity contribution is 0.270. The molecule has 0 unspecified atom stereocenters. The van der Waals surface area contributed by atoms with Crippen molar-refractivity contribution in [2.45, 2.75) is 25.8 Å². The molecule has 1 aromatic heterocycles. The van der Waals surface area contributed by atoms with Gasteiger partial charge in [-0.05, 0) is 31.7 Å². The maximum Gasteiger partial charge on any atom is 0.131 e. The Morgan fingerprint density at radius 3 is 2.87 bits per heavy atom. The lowest BCUT2D eigenvalue weighted by Crippen LogP contribution is -2.42. The highest BCUT2D eigenvalue weighted by molar-refractivity contribution is 5.36. The Labute approximate surface area is 90.5 Å². The highest BCUT2D eigenvalue weighted by Gasteiger charge is 2.26. The van der Waals surface area contributed by atoms with Crippen LogP contribution in [0.1, 0.15) is 18.7 Å². The standard InChI is InChI=1S/C11H18N4/c1-8-13-4-3-11(14-8)15(2)7-9-5-10(12)6-9/h3-4,9-10H,5-7,12H2,1-2H3. The van der Waals surface area contributed by atoms with Crippen molar-refractivity contribution in [1.82, 2.24) is 9.97 Å². The van der Waals surface area contributed by atoms with E-state index in [1.807, 2.05) is 13.0 Å². The van der Waals surface area contributed by atoms with Gasteiger partial charge in [0.15, 0.2) is 0 Å². The van der Waals surface area contributed by atoms with E-state index in [1.165, 1.54) is 0 Å². The molecule has 0 aromatic carbocycles. The van der Waals surface area contributed by atoms with Gasteiger partial charge in [-0.2, -0.15) is 0 Å². The first kappa shape index (κ1) is 10.4. The Balaban J connectivity index is 1.93. The molecule has 82 valence electrons. The first-order chi connectivity index (χ1) is 7.15. The molecule has 1 aromatic rings. The van der Waals surface area contributed by atoms with E-state index in [1.54, 1.807) is 6.20 Å². The maximum atomic E-state index is 5.76. The SMILES string of the molecule is Cc1nccc(N(C)CC2CC(N)C2)n1. The van der Waals surface area contributed by atoms with Crippen LogP contribution in [0, 0.1) is 12.8 Å². The van der Waals surface area contributed by atoms with E-state index in [4.69, 9.17) is 5.73 Å². The Bertz CT molecular complexity index is 333. The zero-order valence-electron chi connectivity index (χ0n) is 9.35. The van der Waals surface area contributed by atoms with Crippen molar-refractivity contribution < 1.29 is 0 Å². The molecule has 4 heteroatoms. The van der Waals surface area contributed by atoms with E-state index < -0.39 is 0 Å². The number of hydrogen-bond acceptors (Lipinski definition) is 4. The third-order valence-electron chi connectivity index (χ3n) is 2.96. The molecule has 0 saturated heterocycles. The van der Waals surface area contributed by atoms with Crippen molar-refractivity contribution in [3.63, 3.8) is 0 Å². The summed E-state index contributed by atoms with van der Waals surface area (Å²) >= 11 is 0. The summed E-state index contributed by atoms with van der Waals surface area (Å²) in [6, 6.07) is 2.38. The van der Waals surface area contributed by atoms with Crippen molar-refractivity contribution in [1.29, 1.82) is 0 Å². The number of anilines is 1. The minimum absolute atomic E-state index is 0.426. The number of nitrogens with two attached hydrogens (primary N) is 1. The molecule has 2 N–H and O–H groups in total. The molecule has 15 heavy (non-hydrogen) atoms. The fourth-order valence-corrected chi connectivity index (χ4v) is 2.07. The molecule has 4 nitrogen and oxygen atoms in total. The van der Waals surface area contributed by atoms with Crippen LogP contribution in [0.4, 0.5) is 5.82 Å². The van der Waals surface area contributed by atoms with Crippen LogP contribution in [0.2, 0.25) is 0 Å². The minimum atomic E-state index is 0.426. The van der Waals surface area contributed by atoms with Crippen LogP contribution in [0.15, 0.2) is 12.3 Å². The molecule has 0 atom stereocenters. The molecular formula is C11H18N4. The number of aryl methyl sites for hydroxylation is 1. The lowest BCUT2D eigenvalue weighted by atomic mass is 9.81. The predicted octanol–water partition coefficient (Wildman–Crippen LogP) is 0.959. The summed E-state index contributed by atoms with van der Waals surface area (Å²) in [7, 11) is 2.08. The molecule has 1 fully saturated rings. The van der Waals surface area contributed by atoms with Gasteiger partial charge in [0.2, 0.25) is 0 Å². The van der Waals surface area contributed by atoms with Gasteiger partial charge in [-0.15, -0.1) is 0 Å². The zero-order chi connectivity index (χ0) is 10.8. The summed E-state index contributed by atoms with van der Waals surface area (Å²) in [5.74, 6) is 2.56. The van der Waals surface area contributed by atoms with E-state index in [-0.39, 0.29) is 0 Å².